The molecule has 1 amide bonds. The van der Waals surface area contributed by atoms with E-state index in [1.54, 1.807) is 30.5 Å². The molecule has 7 nitrogen and oxygen atoms in total. The Balaban J connectivity index is 1.25. The van der Waals surface area contributed by atoms with Crippen molar-refractivity contribution >= 4 is 28.5 Å². The quantitative estimate of drug-likeness (QED) is 0.297. The number of benzene rings is 2. The molecule has 1 fully saturated rings. The lowest BCUT2D eigenvalue weighted by atomic mass is 9.94. The van der Waals surface area contributed by atoms with E-state index in [2.05, 4.69) is 31.7 Å². The van der Waals surface area contributed by atoms with Gasteiger partial charge in [0.1, 0.15) is 11.3 Å². The number of piperidine rings is 1. The van der Waals surface area contributed by atoms with Gasteiger partial charge in [-0.05, 0) is 73.5 Å². The van der Waals surface area contributed by atoms with Crippen LogP contribution in [0.1, 0.15) is 40.5 Å². The summed E-state index contributed by atoms with van der Waals surface area (Å²) < 4.78 is 41.3. The molecule has 2 aromatic carbocycles. The highest BCUT2D eigenvalue weighted by molar-refractivity contribution is 6.03. The zero-order valence-corrected chi connectivity index (χ0v) is 19.6. The first kappa shape index (κ1) is 23.2. The molecule has 188 valence electrons. The number of alkyl halides is 3. The average Bonchev–Trinajstić information content (AvgIpc) is 3.52. The van der Waals surface area contributed by atoms with Gasteiger partial charge in [-0.3, -0.25) is 10.1 Å². The Morgan fingerprint density at radius 2 is 1.76 bits per heavy atom. The third-order valence-corrected chi connectivity index (χ3v) is 6.75. The summed E-state index contributed by atoms with van der Waals surface area (Å²) >= 11 is 0. The summed E-state index contributed by atoms with van der Waals surface area (Å²) in [6.07, 6.45) is -0.616. The van der Waals surface area contributed by atoms with Gasteiger partial charge >= 0.3 is 6.18 Å². The number of pyridine rings is 1. The second-order valence-electron chi connectivity index (χ2n) is 9.18. The fourth-order valence-corrected chi connectivity index (χ4v) is 4.89. The fraction of sp³-hybridized carbons (Fsp3) is 0.222. The lowest BCUT2D eigenvalue weighted by Gasteiger charge is -2.23. The average molecular weight is 505 g/mol. The van der Waals surface area contributed by atoms with E-state index in [-0.39, 0.29) is 11.6 Å². The van der Waals surface area contributed by atoms with E-state index in [1.165, 1.54) is 6.07 Å². The maximum Gasteiger partial charge on any atom is 0.416 e. The number of nitrogens with one attached hydrogen (secondary N) is 3. The zero-order valence-electron chi connectivity index (χ0n) is 19.6. The number of aromatic nitrogens is 4. The molecule has 3 aromatic heterocycles. The van der Waals surface area contributed by atoms with Crippen LogP contribution in [0, 0.1) is 0 Å². The molecule has 0 saturated carbocycles. The van der Waals surface area contributed by atoms with Crippen LogP contribution in [-0.4, -0.2) is 38.3 Å². The van der Waals surface area contributed by atoms with Crippen LogP contribution in [0.4, 0.5) is 19.1 Å². The Morgan fingerprint density at radius 3 is 2.57 bits per heavy atom. The van der Waals surface area contributed by atoms with Gasteiger partial charge in [-0.2, -0.15) is 13.2 Å². The smallest absolute Gasteiger partial charge is 0.324 e. The van der Waals surface area contributed by atoms with Crippen LogP contribution in [0.3, 0.4) is 0 Å². The van der Waals surface area contributed by atoms with Gasteiger partial charge in [-0.25, -0.2) is 9.97 Å². The summed E-state index contributed by atoms with van der Waals surface area (Å²) in [6.45, 7) is 1.93. The first-order valence-corrected chi connectivity index (χ1v) is 12.0. The summed E-state index contributed by atoms with van der Waals surface area (Å²) in [5.74, 6) is 0.227. The maximum atomic E-state index is 13.1. The van der Waals surface area contributed by atoms with E-state index in [4.69, 9.17) is 0 Å². The largest absolute Gasteiger partial charge is 0.416 e. The minimum absolute atomic E-state index is 0.233. The number of nitrogens with zero attached hydrogens (tertiary/aromatic N) is 3. The number of carbonyl (C=O) groups is 1. The molecule has 0 aliphatic carbocycles. The minimum Gasteiger partial charge on any atom is -0.324 e. The summed E-state index contributed by atoms with van der Waals surface area (Å²) in [6, 6.07) is 16.2. The van der Waals surface area contributed by atoms with Crippen molar-refractivity contribution in [2.45, 2.75) is 24.9 Å². The van der Waals surface area contributed by atoms with Crippen molar-refractivity contribution in [2.75, 3.05) is 18.4 Å². The van der Waals surface area contributed by atoms with E-state index in [0.29, 0.717) is 33.7 Å². The number of aromatic amines is 1. The third kappa shape index (κ3) is 4.55. The van der Waals surface area contributed by atoms with Crippen molar-refractivity contribution in [1.29, 1.82) is 0 Å². The predicted octanol–water partition coefficient (Wildman–Crippen LogP) is 5.62. The highest BCUT2D eigenvalue weighted by Gasteiger charge is 2.30. The molecule has 3 N–H and O–H groups in total. The molecule has 0 unspecified atom stereocenters. The number of hydrogen-bond acceptors (Lipinski definition) is 4. The normalized spacial score (nSPS) is 14.9. The molecule has 37 heavy (non-hydrogen) atoms. The van der Waals surface area contributed by atoms with Gasteiger partial charge in [0, 0.05) is 17.8 Å². The highest BCUT2D eigenvalue weighted by atomic mass is 19.4. The Kier molecular flexibility index (Phi) is 5.68. The van der Waals surface area contributed by atoms with Crippen LogP contribution in [0.15, 0.2) is 66.9 Å². The molecule has 1 saturated heterocycles. The number of carbonyl (C=O) groups excluding carboxylic acids is 1. The van der Waals surface area contributed by atoms with Crippen molar-refractivity contribution in [3.05, 3.63) is 83.8 Å². The van der Waals surface area contributed by atoms with Gasteiger partial charge in [0.15, 0.2) is 0 Å². The molecule has 0 atom stereocenters. The summed E-state index contributed by atoms with van der Waals surface area (Å²) in [5, 5.41) is 6.13. The van der Waals surface area contributed by atoms with Crippen LogP contribution >= 0.6 is 0 Å². The second kappa shape index (κ2) is 9.04. The third-order valence-electron chi connectivity index (χ3n) is 6.75. The topological polar surface area (TPSA) is 87.1 Å². The monoisotopic (exact) mass is 504 g/mol. The van der Waals surface area contributed by atoms with Gasteiger partial charge in [0.25, 0.3) is 5.91 Å². The Hall–Kier alpha value is -4.18. The predicted molar refractivity (Wildman–Crippen MR) is 135 cm³/mol. The molecule has 1 aliphatic heterocycles. The van der Waals surface area contributed by atoms with Gasteiger partial charge in [-0.15, -0.1) is 0 Å². The van der Waals surface area contributed by atoms with Gasteiger partial charge < -0.3 is 14.7 Å². The van der Waals surface area contributed by atoms with Crippen LogP contribution in [0.5, 0.6) is 0 Å². The molecule has 0 spiro atoms. The maximum absolute atomic E-state index is 13.1. The molecule has 10 heteroatoms. The van der Waals surface area contributed by atoms with Crippen molar-refractivity contribution in [3.8, 4) is 11.1 Å². The molecule has 0 radical (unpaired) electrons. The Labute approximate surface area is 209 Å². The number of fused-ring (bicyclic) bond motifs is 2. The van der Waals surface area contributed by atoms with Crippen molar-refractivity contribution in [3.63, 3.8) is 0 Å². The van der Waals surface area contributed by atoms with Crippen LogP contribution in [-0.2, 0) is 6.18 Å². The number of rotatable bonds is 4. The number of halogens is 3. The van der Waals surface area contributed by atoms with Crippen molar-refractivity contribution in [2.24, 2.45) is 0 Å². The van der Waals surface area contributed by atoms with E-state index in [0.717, 1.165) is 43.8 Å². The highest BCUT2D eigenvalue weighted by Crippen LogP contribution is 2.33. The first-order valence-electron chi connectivity index (χ1n) is 12.0. The molecule has 4 heterocycles. The molecular weight excluding hydrogens is 481 g/mol. The lowest BCUT2D eigenvalue weighted by Crippen LogP contribution is -2.27. The van der Waals surface area contributed by atoms with E-state index >= 15 is 0 Å². The van der Waals surface area contributed by atoms with E-state index in [1.807, 2.05) is 16.5 Å². The number of hydrogen-bond donors (Lipinski definition) is 3. The Bertz CT molecular complexity index is 1610. The second-order valence-corrected chi connectivity index (χ2v) is 9.18. The van der Waals surface area contributed by atoms with Crippen LogP contribution in [0.2, 0.25) is 0 Å². The van der Waals surface area contributed by atoms with Crippen LogP contribution in [0.25, 0.3) is 27.8 Å². The van der Waals surface area contributed by atoms with Crippen LogP contribution < -0.4 is 10.6 Å². The zero-order chi connectivity index (χ0) is 25.6. The van der Waals surface area contributed by atoms with E-state index < -0.39 is 17.6 Å². The van der Waals surface area contributed by atoms with Gasteiger partial charge in [0.05, 0.1) is 16.6 Å². The summed E-state index contributed by atoms with van der Waals surface area (Å²) in [5.41, 5.74) is 3.61. The van der Waals surface area contributed by atoms with Gasteiger partial charge in [0.2, 0.25) is 5.95 Å². The Morgan fingerprint density at radius 1 is 0.973 bits per heavy atom. The van der Waals surface area contributed by atoms with Crippen molar-refractivity contribution < 1.29 is 18.0 Å². The first-order chi connectivity index (χ1) is 17.8. The molecule has 1 aliphatic rings. The SMILES string of the molecule is O=C(Nc1nc2ccc(-c3cccc(C(F)(F)F)c3)cc2[nH]1)c1cn2c(C3CCNCC3)cccc2n1. The summed E-state index contributed by atoms with van der Waals surface area (Å²) in [7, 11) is 0. The minimum atomic E-state index is -4.42. The van der Waals surface area contributed by atoms with Crippen molar-refractivity contribution in [1.82, 2.24) is 24.7 Å². The molecule has 6 rings (SSSR count). The standard InChI is InChI=1S/C27H23F3N6O/c28-27(29,30)19-4-1-3-17(13-19)18-7-8-20-21(14-18)34-26(33-20)35-25(37)22-15-36-23(5-2-6-24(36)32-22)16-9-11-31-12-10-16/h1-8,13-16,31H,9-12H2,(H2,33,34,35,37). The number of imidazole rings is 2. The molecule has 5 aromatic rings. The molecular formula is C27H23F3N6O. The lowest BCUT2D eigenvalue weighted by molar-refractivity contribution is -0.137. The summed E-state index contributed by atoms with van der Waals surface area (Å²) in [4.78, 5) is 25.0. The number of anilines is 1. The van der Waals surface area contributed by atoms with E-state index in [9.17, 15) is 18.0 Å². The number of H-pyrrole nitrogens is 1. The number of amides is 1. The molecule has 0 bridgehead atoms. The van der Waals surface area contributed by atoms with Gasteiger partial charge in [-0.1, -0.05) is 24.3 Å². The fourth-order valence-electron chi connectivity index (χ4n) is 4.89.